The van der Waals surface area contributed by atoms with E-state index in [4.69, 9.17) is 0 Å². The van der Waals surface area contributed by atoms with Crippen molar-refractivity contribution in [3.05, 3.63) is 41.7 Å². The van der Waals surface area contributed by atoms with E-state index < -0.39 is 0 Å². The first kappa shape index (κ1) is 15.2. The lowest BCUT2D eigenvalue weighted by atomic mass is 9.97. The van der Waals surface area contributed by atoms with Gasteiger partial charge < -0.3 is 5.32 Å². The summed E-state index contributed by atoms with van der Waals surface area (Å²) < 4.78 is 0. The molecule has 20 heavy (non-hydrogen) atoms. The van der Waals surface area contributed by atoms with Crippen LogP contribution in [-0.4, -0.2) is 11.0 Å². The van der Waals surface area contributed by atoms with Crippen LogP contribution in [-0.2, 0) is 6.42 Å². The monoisotopic (exact) mass is 272 g/mol. The van der Waals surface area contributed by atoms with Crippen LogP contribution < -0.4 is 5.32 Å². The Labute approximate surface area is 123 Å². The molecule has 0 aromatic carbocycles. The molecule has 2 atom stereocenters. The highest BCUT2D eigenvalue weighted by Gasteiger charge is 2.18. The Kier molecular flexibility index (Phi) is 6.25. The first-order chi connectivity index (χ1) is 9.83. The minimum Gasteiger partial charge on any atom is -0.303 e. The molecule has 1 aliphatic heterocycles. The summed E-state index contributed by atoms with van der Waals surface area (Å²) in [4.78, 5) is 4.61. The Hall–Kier alpha value is -1.15. The maximum absolute atomic E-state index is 4.61. The molecule has 1 aromatic rings. The third-order valence-electron chi connectivity index (χ3n) is 4.06. The summed E-state index contributed by atoms with van der Waals surface area (Å²) in [6.07, 6.45) is 15.2. The second-order valence-corrected chi connectivity index (χ2v) is 5.82. The van der Waals surface area contributed by atoms with Gasteiger partial charge in [0.2, 0.25) is 0 Å². The lowest BCUT2D eigenvalue weighted by Crippen LogP contribution is -2.34. The molecule has 1 N–H and O–H groups in total. The average molecular weight is 272 g/mol. The second-order valence-electron chi connectivity index (χ2n) is 5.82. The molecule has 0 radical (unpaired) electrons. The number of hydrogen-bond acceptors (Lipinski definition) is 2. The van der Waals surface area contributed by atoms with E-state index in [1.54, 1.807) is 0 Å². The van der Waals surface area contributed by atoms with E-state index in [2.05, 4.69) is 54.6 Å². The van der Waals surface area contributed by atoms with Gasteiger partial charge in [-0.05, 0) is 37.3 Å². The molecule has 110 valence electrons. The lowest BCUT2D eigenvalue weighted by molar-refractivity contribution is 0.436. The molecule has 0 saturated heterocycles. The van der Waals surface area contributed by atoms with Crippen molar-refractivity contribution in [3.63, 3.8) is 0 Å². The molecule has 1 aliphatic rings. The van der Waals surface area contributed by atoms with Gasteiger partial charge in [-0.2, -0.15) is 0 Å². The van der Waals surface area contributed by atoms with Crippen LogP contribution >= 0.6 is 0 Å². The molecular weight excluding hydrogens is 244 g/mol. The van der Waals surface area contributed by atoms with Gasteiger partial charge in [-0.15, -0.1) is 0 Å². The minimum atomic E-state index is 0.439. The summed E-state index contributed by atoms with van der Waals surface area (Å²) in [6.45, 7) is 4.48. The molecule has 0 amide bonds. The topological polar surface area (TPSA) is 24.9 Å². The number of pyridine rings is 1. The van der Waals surface area contributed by atoms with Crippen LogP contribution in [0.4, 0.5) is 0 Å². The summed E-state index contributed by atoms with van der Waals surface area (Å²) in [7, 11) is 0. The highest BCUT2D eigenvalue weighted by Crippen LogP contribution is 2.23. The maximum atomic E-state index is 4.61. The summed E-state index contributed by atoms with van der Waals surface area (Å²) in [5, 5.41) is 3.74. The van der Waals surface area contributed by atoms with Gasteiger partial charge in [0.05, 0.1) is 0 Å². The first-order valence-corrected chi connectivity index (χ1v) is 8.21. The fourth-order valence-electron chi connectivity index (χ4n) is 2.74. The Balaban J connectivity index is 1.92. The quantitative estimate of drug-likeness (QED) is 0.735. The number of aromatic nitrogens is 1. The predicted molar refractivity (Wildman–Crippen MR) is 85.8 cm³/mol. The highest BCUT2D eigenvalue weighted by molar-refractivity contribution is 5.21. The van der Waals surface area contributed by atoms with Crippen LogP contribution in [0.25, 0.3) is 0 Å². The normalized spacial score (nSPS) is 22.1. The smallest absolute Gasteiger partial charge is 0.0403 e. The van der Waals surface area contributed by atoms with E-state index in [1.165, 1.54) is 43.4 Å². The number of nitrogens with zero attached hydrogens (tertiary/aromatic N) is 1. The lowest BCUT2D eigenvalue weighted by Gasteiger charge is -2.27. The minimum absolute atomic E-state index is 0.439. The Morgan fingerprint density at radius 3 is 2.75 bits per heavy atom. The highest BCUT2D eigenvalue weighted by atomic mass is 15.0. The summed E-state index contributed by atoms with van der Waals surface area (Å²) in [6, 6.07) is 5.43. The fraction of sp³-hybridized carbons (Fsp3) is 0.611. The Bertz CT molecular complexity index is 408. The average Bonchev–Trinajstić information content (AvgIpc) is 2.52. The number of nitrogens with one attached hydrogen (secondary N) is 1. The van der Waals surface area contributed by atoms with Crippen molar-refractivity contribution in [3.8, 4) is 0 Å². The van der Waals surface area contributed by atoms with E-state index in [0.29, 0.717) is 12.1 Å². The standard InChI is InChI=1S/C18H28N2/c1-3-5-8-16-13-12-15(14-19-16)18-11-7-10-17(20-18)9-6-4-2/h7,10,12-14,17-18,20H,3-6,8-9,11H2,1-2H3. The molecule has 2 heteroatoms. The Morgan fingerprint density at radius 1 is 1.20 bits per heavy atom. The van der Waals surface area contributed by atoms with Crippen molar-refractivity contribution in [2.24, 2.45) is 0 Å². The van der Waals surface area contributed by atoms with E-state index in [1.807, 2.05) is 0 Å². The number of aryl methyl sites for hydroxylation is 1. The molecule has 2 rings (SSSR count). The molecule has 0 spiro atoms. The second kappa shape index (κ2) is 8.21. The van der Waals surface area contributed by atoms with Crippen molar-refractivity contribution in [2.45, 2.75) is 70.9 Å². The zero-order valence-corrected chi connectivity index (χ0v) is 12.9. The van der Waals surface area contributed by atoms with Crippen LogP contribution in [0.2, 0.25) is 0 Å². The third-order valence-corrected chi connectivity index (χ3v) is 4.06. The molecule has 2 unspecified atom stereocenters. The SMILES string of the molecule is CCCCc1ccc(C2CC=CC(CCCC)N2)cn1. The molecule has 1 aromatic heterocycles. The largest absolute Gasteiger partial charge is 0.303 e. The maximum Gasteiger partial charge on any atom is 0.0403 e. The van der Waals surface area contributed by atoms with Crippen LogP contribution in [0.1, 0.15) is 69.7 Å². The third kappa shape index (κ3) is 4.45. The van der Waals surface area contributed by atoms with Gasteiger partial charge in [0, 0.05) is 24.0 Å². The van der Waals surface area contributed by atoms with Crippen molar-refractivity contribution in [1.29, 1.82) is 0 Å². The molecule has 2 nitrogen and oxygen atoms in total. The van der Waals surface area contributed by atoms with Gasteiger partial charge in [0.1, 0.15) is 0 Å². The van der Waals surface area contributed by atoms with E-state index in [-0.39, 0.29) is 0 Å². The van der Waals surface area contributed by atoms with Crippen LogP contribution in [0.5, 0.6) is 0 Å². The molecule has 0 aliphatic carbocycles. The van der Waals surface area contributed by atoms with Gasteiger partial charge >= 0.3 is 0 Å². The van der Waals surface area contributed by atoms with Crippen molar-refractivity contribution < 1.29 is 0 Å². The number of rotatable bonds is 7. The van der Waals surface area contributed by atoms with Crippen LogP contribution in [0.3, 0.4) is 0 Å². The van der Waals surface area contributed by atoms with Gasteiger partial charge in [-0.1, -0.05) is 51.3 Å². The molecule has 0 fully saturated rings. The summed E-state index contributed by atoms with van der Waals surface area (Å²) >= 11 is 0. The van der Waals surface area contributed by atoms with E-state index >= 15 is 0 Å². The van der Waals surface area contributed by atoms with Crippen molar-refractivity contribution >= 4 is 0 Å². The Morgan fingerprint density at radius 2 is 2.05 bits per heavy atom. The predicted octanol–water partition coefficient (Wildman–Crippen LogP) is 4.57. The van der Waals surface area contributed by atoms with Gasteiger partial charge in [-0.25, -0.2) is 0 Å². The van der Waals surface area contributed by atoms with Crippen molar-refractivity contribution in [2.75, 3.05) is 0 Å². The molecule has 2 heterocycles. The van der Waals surface area contributed by atoms with Gasteiger partial charge in [-0.3, -0.25) is 4.98 Å². The first-order valence-electron chi connectivity index (χ1n) is 8.21. The molecule has 0 bridgehead atoms. The van der Waals surface area contributed by atoms with Crippen molar-refractivity contribution in [1.82, 2.24) is 10.3 Å². The van der Waals surface area contributed by atoms with Gasteiger partial charge in [0.15, 0.2) is 0 Å². The summed E-state index contributed by atoms with van der Waals surface area (Å²) in [5.41, 5.74) is 2.56. The van der Waals surface area contributed by atoms with Crippen LogP contribution in [0, 0.1) is 0 Å². The number of unbranched alkanes of at least 4 members (excludes halogenated alkanes) is 2. The zero-order valence-electron chi connectivity index (χ0n) is 12.9. The zero-order chi connectivity index (χ0) is 14.2. The van der Waals surface area contributed by atoms with E-state index in [0.717, 1.165) is 12.8 Å². The van der Waals surface area contributed by atoms with Gasteiger partial charge in [0.25, 0.3) is 0 Å². The van der Waals surface area contributed by atoms with E-state index in [9.17, 15) is 0 Å². The van der Waals surface area contributed by atoms with Crippen LogP contribution in [0.15, 0.2) is 30.5 Å². The number of hydrogen-bond donors (Lipinski definition) is 1. The molecular formula is C18H28N2. The fourth-order valence-corrected chi connectivity index (χ4v) is 2.74. The molecule has 0 saturated carbocycles. The summed E-state index contributed by atoms with van der Waals surface area (Å²) in [5.74, 6) is 0.